The van der Waals surface area contributed by atoms with Gasteiger partial charge in [0.2, 0.25) is 5.95 Å². The van der Waals surface area contributed by atoms with Gasteiger partial charge in [0.1, 0.15) is 17.7 Å². The van der Waals surface area contributed by atoms with Crippen LogP contribution in [-0.2, 0) is 0 Å². The molecule has 0 aliphatic carbocycles. The first kappa shape index (κ1) is 21.9. The smallest absolute Gasteiger partial charge is 0.229 e. The van der Waals surface area contributed by atoms with E-state index < -0.39 is 0 Å². The average Bonchev–Trinajstić information content (AvgIpc) is 2.66. The average molecular weight is 445 g/mol. The zero-order valence-corrected chi connectivity index (χ0v) is 17.1. The molecule has 1 N–H and O–H groups in total. The first-order valence-corrected chi connectivity index (χ1v) is 9.81. The number of ether oxygens (including phenoxy) is 1. The summed E-state index contributed by atoms with van der Waals surface area (Å²) in [6.07, 6.45) is 1.72. The van der Waals surface area contributed by atoms with Crippen molar-refractivity contribution in [3.8, 4) is 5.75 Å². The third-order valence-electron chi connectivity index (χ3n) is 4.53. The summed E-state index contributed by atoms with van der Waals surface area (Å²) in [7, 11) is 0. The van der Waals surface area contributed by atoms with Crippen LogP contribution in [-0.4, -0.2) is 34.9 Å². The van der Waals surface area contributed by atoms with Gasteiger partial charge in [-0.15, -0.1) is 0 Å². The van der Waals surface area contributed by atoms with Gasteiger partial charge < -0.3 is 15.0 Å². The minimum absolute atomic E-state index is 0. The fraction of sp³-hybridized carbons (Fsp3) is 0.227. The van der Waals surface area contributed by atoms with E-state index in [0.717, 1.165) is 11.5 Å². The van der Waals surface area contributed by atoms with Gasteiger partial charge >= 0.3 is 0 Å². The van der Waals surface area contributed by atoms with E-state index in [-0.39, 0.29) is 19.3 Å². The van der Waals surface area contributed by atoms with Gasteiger partial charge in [-0.1, -0.05) is 42.8 Å². The number of anilines is 3. The molecule has 30 heavy (non-hydrogen) atoms. The van der Waals surface area contributed by atoms with Crippen LogP contribution in [0.5, 0.6) is 5.75 Å². The van der Waals surface area contributed by atoms with Crippen molar-refractivity contribution in [2.24, 2.45) is 0 Å². The fourth-order valence-corrected chi connectivity index (χ4v) is 3.43. The fourth-order valence-electron chi connectivity index (χ4n) is 2.98. The minimum Gasteiger partial charge on any atom is -0.485 e. The second kappa shape index (κ2) is 9.32. The number of carbonyl (C=O) groups excluding carboxylic acids is 1. The molecule has 4 rings (SSSR count). The Balaban J connectivity index is 0.00000256. The van der Waals surface area contributed by atoms with Gasteiger partial charge in [0, 0.05) is 22.5 Å². The second-order valence-corrected chi connectivity index (χ2v) is 7.56. The molecule has 0 amide bonds. The summed E-state index contributed by atoms with van der Waals surface area (Å²) in [4.78, 5) is 22.5. The molecule has 2 aromatic carbocycles. The quantitative estimate of drug-likeness (QED) is 0.496. The van der Waals surface area contributed by atoms with Crippen molar-refractivity contribution in [1.82, 2.24) is 9.97 Å². The summed E-state index contributed by atoms with van der Waals surface area (Å²) >= 11 is 12.1. The Bertz CT molecular complexity index is 1050. The number of benzene rings is 2. The standard InChI is InChI=1S/C21H18Cl2N4O2.CH4/c1-13(28)14-3-2-4-16(9-14)25-21-24-8-7-20(26-21)27-11-17(12-27)29-19-6-5-15(22)10-18(19)23;/h2-10,17H,11-12H2,1H3,(H,24,25,26);1H4. The lowest BCUT2D eigenvalue weighted by atomic mass is 10.1. The highest BCUT2D eigenvalue weighted by Crippen LogP contribution is 2.30. The Morgan fingerprint density at radius 1 is 1.17 bits per heavy atom. The summed E-state index contributed by atoms with van der Waals surface area (Å²) in [5.74, 6) is 1.90. The SMILES string of the molecule is C.CC(=O)c1cccc(Nc2nccc(N3CC(Oc4ccc(Cl)cc4Cl)C3)n2)c1. The number of Topliss-reactive ketones (excluding diaryl/α,β-unsaturated/α-hetero) is 1. The van der Waals surface area contributed by atoms with Crippen molar-refractivity contribution in [3.05, 3.63) is 70.3 Å². The minimum atomic E-state index is 0. The number of nitrogens with zero attached hydrogens (tertiary/aromatic N) is 3. The summed E-state index contributed by atoms with van der Waals surface area (Å²) in [5, 5.41) is 4.22. The molecule has 3 aromatic rings. The first-order valence-electron chi connectivity index (χ1n) is 9.05. The van der Waals surface area contributed by atoms with Crippen LogP contribution in [0.15, 0.2) is 54.7 Å². The summed E-state index contributed by atoms with van der Waals surface area (Å²) in [6.45, 7) is 2.92. The van der Waals surface area contributed by atoms with Crippen LogP contribution in [0.4, 0.5) is 17.5 Å². The Kier molecular flexibility index (Phi) is 6.80. The molecular formula is C22H22Cl2N4O2. The molecule has 1 aromatic heterocycles. The van der Waals surface area contributed by atoms with Gasteiger partial charge in [0.05, 0.1) is 18.1 Å². The highest BCUT2D eigenvalue weighted by atomic mass is 35.5. The Hall–Kier alpha value is -2.83. The molecule has 156 valence electrons. The third-order valence-corrected chi connectivity index (χ3v) is 5.06. The van der Waals surface area contributed by atoms with Crippen LogP contribution in [0, 0.1) is 0 Å². The molecule has 1 aliphatic heterocycles. The van der Waals surface area contributed by atoms with Crippen LogP contribution in [0.25, 0.3) is 0 Å². The zero-order chi connectivity index (χ0) is 20.4. The number of hydrogen-bond acceptors (Lipinski definition) is 6. The number of hydrogen-bond donors (Lipinski definition) is 1. The van der Waals surface area contributed by atoms with Crippen molar-refractivity contribution in [1.29, 1.82) is 0 Å². The maximum absolute atomic E-state index is 11.5. The van der Waals surface area contributed by atoms with Gasteiger partial charge in [-0.25, -0.2) is 4.98 Å². The molecule has 8 heteroatoms. The molecule has 6 nitrogen and oxygen atoms in total. The molecule has 1 aliphatic rings. The van der Waals surface area contributed by atoms with E-state index in [2.05, 4.69) is 20.2 Å². The van der Waals surface area contributed by atoms with Crippen molar-refractivity contribution in [2.45, 2.75) is 20.5 Å². The lowest BCUT2D eigenvalue weighted by Gasteiger charge is -2.39. The van der Waals surface area contributed by atoms with Gasteiger partial charge in [-0.05, 0) is 43.3 Å². The van der Waals surface area contributed by atoms with Crippen LogP contribution in [0.1, 0.15) is 24.7 Å². The van der Waals surface area contributed by atoms with E-state index in [4.69, 9.17) is 27.9 Å². The van der Waals surface area contributed by atoms with Gasteiger partial charge in [0.25, 0.3) is 0 Å². The van der Waals surface area contributed by atoms with Crippen LogP contribution in [0.2, 0.25) is 10.0 Å². The van der Waals surface area contributed by atoms with Crippen molar-refractivity contribution in [2.75, 3.05) is 23.3 Å². The molecule has 0 radical (unpaired) electrons. The van der Waals surface area contributed by atoms with Crippen molar-refractivity contribution >= 4 is 46.4 Å². The number of halogens is 2. The van der Waals surface area contributed by atoms with Crippen molar-refractivity contribution < 1.29 is 9.53 Å². The van der Waals surface area contributed by atoms with Crippen LogP contribution < -0.4 is 15.0 Å². The Morgan fingerprint density at radius 2 is 1.97 bits per heavy atom. The summed E-state index contributed by atoms with van der Waals surface area (Å²) < 4.78 is 5.93. The number of ketones is 1. The highest BCUT2D eigenvalue weighted by molar-refractivity contribution is 6.35. The maximum atomic E-state index is 11.5. The highest BCUT2D eigenvalue weighted by Gasteiger charge is 2.30. The molecule has 0 atom stereocenters. The normalized spacial score (nSPS) is 13.2. The Morgan fingerprint density at radius 3 is 2.70 bits per heavy atom. The van der Waals surface area contributed by atoms with Gasteiger partial charge in [-0.3, -0.25) is 4.79 Å². The van der Waals surface area contributed by atoms with Crippen LogP contribution >= 0.6 is 23.2 Å². The molecule has 0 saturated carbocycles. The molecular weight excluding hydrogens is 423 g/mol. The lowest BCUT2D eigenvalue weighted by molar-refractivity contribution is 0.101. The predicted molar refractivity (Wildman–Crippen MR) is 122 cm³/mol. The Labute approximate surface area is 185 Å². The summed E-state index contributed by atoms with van der Waals surface area (Å²) in [5.41, 5.74) is 1.40. The first-order chi connectivity index (χ1) is 14.0. The van der Waals surface area contributed by atoms with Crippen LogP contribution in [0.3, 0.4) is 0 Å². The largest absolute Gasteiger partial charge is 0.485 e. The van der Waals surface area contributed by atoms with Crippen molar-refractivity contribution in [3.63, 3.8) is 0 Å². The molecule has 0 unspecified atom stereocenters. The topological polar surface area (TPSA) is 67.4 Å². The van der Waals surface area contributed by atoms with E-state index >= 15 is 0 Å². The third kappa shape index (κ3) is 5.01. The lowest BCUT2D eigenvalue weighted by Crippen LogP contribution is -2.54. The van der Waals surface area contributed by atoms with Gasteiger partial charge in [-0.2, -0.15) is 4.98 Å². The molecule has 1 saturated heterocycles. The predicted octanol–water partition coefficient (Wildman–Crippen LogP) is 5.63. The molecule has 1 fully saturated rings. The van der Waals surface area contributed by atoms with E-state index in [0.29, 0.717) is 40.4 Å². The van der Waals surface area contributed by atoms with E-state index in [1.165, 1.54) is 6.92 Å². The number of aromatic nitrogens is 2. The van der Waals surface area contributed by atoms with Gasteiger partial charge in [0.15, 0.2) is 5.78 Å². The second-order valence-electron chi connectivity index (χ2n) is 6.72. The molecule has 0 bridgehead atoms. The van der Waals surface area contributed by atoms with E-state index in [1.807, 2.05) is 18.2 Å². The monoisotopic (exact) mass is 444 g/mol. The maximum Gasteiger partial charge on any atom is 0.229 e. The zero-order valence-electron chi connectivity index (χ0n) is 15.6. The molecule has 0 spiro atoms. The summed E-state index contributed by atoms with van der Waals surface area (Å²) in [6, 6.07) is 14.3. The van der Waals surface area contributed by atoms with E-state index in [1.54, 1.807) is 36.5 Å². The number of carbonyl (C=O) groups is 1. The number of nitrogens with one attached hydrogen (secondary N) is 1. The number of rotatable bonds is 6. The van der Waals surface area contributed by atoms with E-state index in [9.17, 15) is 4.79 Å². The molecule has 2 heterocycles.